The van der Waals surface area contributed by atoms with Crippen molar-refractivity contribution in [2.24, 2.45) is 5.92 Å². The molecule has 0 bridgehead atoms. The molecule has 0 radical (unpaired) electrons. The minimum atomic E-state index is 0.771. The molecule has 0 heterocycles. The van der Waals surface area contributed by atoms with Gasteiger partial charge in [0.05, 0.1) is 0 Å². The lowest BCUT2D eigenvalue weighted by Gasteiger charge is -2.26. The molecule has 2 rings (SSSR count). The fourth-order valence-corrected chi connectivity index (χ4v) is 2.44. The van der Waals surface area contributed by atoms with Crippen molar-refractivity contribution in [1.82, 2.24) is 0 Å². The highest BCUT2D eigenvalue weighted by Gasteiger charge is 2.19. The van der Waals surface area contributed by atoms with Crippen molar-refractivity contribution in [1.29, 1.82) is 0 Å². The van der Waals surface area contributed by atoms with E-state index in [9.17, 15) is 0 Å². The Morgan fingerprint density at radius 3 is 2.00 bits per heavy atom. The first kappa shape index (κ1) is 13.8. The van der Waals surface area contributed by atoms with E-state index in [-0.39, 0.29) is 0 Å². The molecule has 1 aliphatic rings. The maximum atomic E-state index is 5.35. The summed E-state index contributed by atoms with van der Waals surface area (Å²) in [5.74, 6) is 4.36. The zero-order chi connectivity index (χ0) is 12.7. The minimum Gasteiger partial charge on any atom is -0.115 e. The van der Waals surface area contributed by atoms with Gasteiger partial charge in [0.25, 0.3) is 0 Å². The van der Waals surface area contributed by atoms with E-state index in [2.05, 4.69) is 37.1 Å². The molecule has 0 heteroatoms. The molecule has 0 atom stereocenters. The number of terminal acetylenes is 1. The monoisotopic (exact) mass is 228 g/mol. The summed E-state index contributed by atoms with van der Waals surface area (Å²) in [6.45, 7) is 6.36. The van der Waals surface area contributed by atoms with Gasteiger partial charge in [-0.05, 0) is 42.4 Å². The van der Waals surface area contributed by atoms with E-state index in [0.29, 0.717) is 0 Å². The standard InChI is InChI=1S/C15H18.C2H6/c1-3-13-6-10-15(11-7-13)14-8-4-12(2)5-9-14;1-2/h1,6-7,10-12,14H,4-5,8-9H2,2H3;1-2H3. The van der Waals surface area contributed by atoms with Crippen LogP contribution in [0.2, 0.25) is 0 Å². The summed E-state index contributed by atoms with van der Waals surface area (Å²) in [5.41, 5.74) is 2.46. The fraction of sp³-hybridized carbons (Fsp3) is 0.529. The average molecular weight is 228 g/mol. The van der Waals surface area contributed by atoms with Gasteiger partial charge < -0.3 is 0 Å². The summed E-state index contributed by atoms with van der Waals surface area (Å²) in [5, 5.41) is 0. The number of hydrogen-bond donors (Lipinski definition) is 0. The lowest BCUT2D eigenvalue weighted by Crippen LogP contribution is -2.10. The number of benzene rings is 1. The normalized spacial score (nSPS) is 23.2. The molecule has 0 N–H and O–H groups in total. The average Bonchev–Trinajstić information content (AvgIpc) is 2.42. The van der Waals surface area contributed by atoms with E-state index < -0.39 is 0 Å². The van der Waals surface area contributed by atoms with Crippen LogP contribution in [0, 0.1) is 18.3 Å². The van der Waals surface area contributed by atoms with Crippen LogP contribution in [0.15, 0.2) is 24.3 Å². The first-order valence-corrected chi connectivity index (χ1v) is 6.86. The summed E-state index contributed by atoms with van der Waals surface area (Å²) in [7, 11) is 0. The SMILES string of the molecule is C#Cc1ccc(C2CCC(C)CC2)cc1.CC. The van der Waals surface area contributed by atoms with Gasteiger partial charge in [-0.2, -0.15) is 0 Å². The predicted molar refractivity (Wildman–Crippen MR) is 76.1 cm³/mol. The predicted octanol–water partition coefficient (Wildman–Crippen LogP) is 4.99. The van der Waals surface area contributed by atoms with Gasteiger partial charge in [0.1, 0.15) is 0 Å². The Bertz CT molecular complexity index is 345. The molecule has 0 spiro atoms. The van der Waals surface area contributed by atoms with Gasteiger partial charge in [0.15, 0.2) is 0 Å². The van der Waals surface area contributed by atoms with Crippen molar-refractivity contribution >= 4 is 0 Å². The van der Waals surface area contributed by atoms with Crippen LogP contribution in [0.1, 0.15) is 63.5 Å². The first-order chi connectivity index (χ1) is 8.29. The molecule has 17 heavy (non-hydrogen) atoms. The van der Waals surface area contributed by atoms with Gasteiger partial charge in [0, 0.05) is 5.56 Å². The highest BCUT2D eigenvalue weighted by molar-refractivity contribution is 5.35. The molecule has 0 unspecified atom stereocenters. The van der Waals surface area contributed by atoms with Gasteiger partial charge in [0.2, 0.25) is 0 Å². The third-order valence-corrected chi connectivity index (χ3v) is 3.56. The third-order valence-electron chi connectivity index (χ3n) is 3.56. The summed E-state index contributed by atoms with van der Waals surface area (Å²) < 4.78 is 0. The molecule has 0 aromatic heterocycles. The summed E-state index contributed by atoms with van der Waals surface area (Å²) in [6, 6.07) is 8.53. The van der Waals surface area contributed by atoms with E-state index in [1.54, 1.807) is 0 Å². The molecule has 1 aliphatic carbocycles. The summed E-state index contributed by atoms with van der Waals surface area (Å²) in [4.78, 5) is 0. The molecular formula is C17H24. The van der Waals surface area contributed by atoms with Crippen molar-refractivity contribution in [3.63, 3.8) is 0 Å². The van der Waals surface area contributed by atoms with Gasteiger partial charge in [-0.25, -0.2) is 0 Å². The Balaban J connectivity index is 0.000000686. The lowest BCUT2D eigenvalue weighted by molar-refractivity contribution is 0.348. The molecule has 0 saturated heterocycles. The third kappa shape index (κ3) is 3.93. The largest absolute Gasteiger partial charge is 0.115 e. The molecule has 0 nitrogen and oxygen atoms in total. The molecule has 1 aromatic carbocycles. The van der Waals surface area contributed by atoms with E-state index >= 15 is 0 Å². The van der Waals surface area contributed by atoms with E-state index in [1.165, 1.54) is 31.2 Å². The molecule has 1 saturated carbocycles. The lowest BCUT2D eigenvalue weighted by atomic mass is 9.79. The Kier molecular flexibility index (Phi) is 5.84. The smallest absolute Gasteiger partial charge is 0.0242 e. The van der Waals surface area contributed by atoms with E-state index in [0.717, 1.165) is 17.4 Å². The molecule has 1 aromatic rings. The zero-order valence-corrected chi connectivity index (χ0v) is 11.4. The highest BCUT2D eigenvalue weighted by Crippen LogP contribution is 2.35. The quantitative estimate of drug-likeness (QED) is 0.594. The fourth-order valence-electron chi connectivity index (χ4n) is 2.44. The highest BCUT2D eigenvalue weighted by atomic mass is 14.2. The van der Waals surface area contributed by atoms with Crippen LogP contribution in [0.5, 0.6) is 0 Å². The van der Waals surface area contributed by atoms with Gasteiger partial charge >= 0.3 is 0 Å². The van der Waals surface area contributed by atoms with Crippen LogP contribution in [0.25, 0.3) is 0 Å². The maximum Gasteiger partial charge on any atom is 0.0242 e. The molecule has 0 amide bonds. The van der Waals surface area contributed by atoms with Crippen LogP contribution in [-0.2, 0) is 0 Å². The van der Waals surface area contributed by atoms with Crippen molar-refractivity contribution in [2.45, 2.75) is 52.4 Å². The maximum absolute atomic E-state index is 5.35. The Morgan fingerprint density at radius 2 is 1.53 bits per heavy atom. The Labute approximate surface area is 106 Å². The van der Waals surface area contributed by atoms with Crippen molar-refractivity contribution in [2.75, 3.05) is 0 Å². The zero-order valence-electron chi connectivity index (χ0n) is 11.4. The Morgan fingerprint density at radius 1 is 1.00 bits per heavy atom. The second-order valence-corrected chi connectivity index (χ2v) is 4.72. The number of hydrogen-bond acceptors (Lipinski definition) is 0. The van der Waals surface area contributed by atoms with Crippen molar-refractivity contribution in [3.8, 4) is 12.3 Å². The molecule has 0 aliphatic heterocycles. The van der Waals surface area contributed by atoms with E-state index in [1.807, 2.05) is 13.8 Å². The Hall–Kier alpha value is -1.22. The van der Waals surface area contributed by atoms with Crippen LogP contribution in [-0.4, -0.2) is 0 Å². The minimum absolute atomic E-state index is 0.771. The van der Waals surface area contributed by atoms with Crippen LogP contribution < -0.4 is 0 Å². The second-order valence-electron chi connectivity index (χ2n) is 4.72. The summed E-state index contributed by atoms with van der Waals surface area (Å²) in [6.07, 6.45) is 10.8. The van der Waals surface area contributed by atoms with E-state index in [4.69, 9.17) is 6.42 Å². The summed E-state index contributed by atoms with van der Waals surface area (Å²) >= 11 is 0. The molecular weight excluding hydrogens is 204 g/mol. The van der Waals surface area contributed by atoms with Crippen LogP contribution in [0.4, 0.5) is 0 Å². The van der Waals surface area contributed by atoms with Gasteiger partial charge in [-0.15, -0.1) is 6.42 Å². The first-order valence-electron chi connectivity index (χ1n) is 6.86. The number of rotatable bonds is 1. The molecule has 1 fully saturated rings. The topological polar surface area (TPSA) is 0 Å². The van der Waals surface area contributed by atoms with Crippen molar-refractivity contribution < 1.29 is 0 Å². The second kappa shape index (κ2) is 7.17. The molecule has 92 valence electrons. The van der Waals surface area contributed by atoms with Crippen molar-refractivity contribution in [3.05, 3.63) is 35.4 Å². The van der Waals surface area contributed by atoms with Gasteiger partial charge in [-0.3, -0.25) is 0 Å². The van der Waals surface area contributed by atoms with Crippen LogP contribution in [0.3, 0.4) is 0 Å². The van der Waals surface area contributed by atoms with Gasteiger partial charge in [-0.1, -0.05) is 51.7 Å². The van der Waals surface area contributed by atoms with Crippen LogP contribution >= 0.6 is 0 Å².